The van der Waals surface area contributed by atoms with Crippen molar-refractivity contribution in [2.75, 3.05) is 13.8 Å². The van der Waals surface area contributed by atoms with Crippen molar-refractivity contribution in [3.8, 4) is 17.2 Å². The molecule has 2 amide bonds. The molecule has 2 aliphatic rings. The Morgan fingerprint density at radius 2 is 1.84 bits per heavy atom. The molecule has 31 heavy (non-hydrogen) atoms. The zero-order valence-corrected chi connectivity index (χ0v) is 17.7. The van der Waals surface area contributed by atoms with E-state index in [9.17, 15) is 30.0 Å². The van der Waals surface area contributed by atoms with Crippen molar-refractivity contribution in [2.45, 2.75) is 63.1 Å². The minimum Gasteiger partial charge on any atom is -0.504 e. The number of amides is 2. The van der Waals surface area contributed by atoms with Crippen molar-refractivity contribution in [1.82, 2.24) is 10.6 Å². The third-order valence-corrected chi connectivity index (χ3v) is 5.25. The number of carbonyl (C=O) groups is 2. The maximum absolute atomic E-state index is 12.6. The molecule has 11 nitrogen and oxygen atoms in total. The molecule has 1 saturated carbocycles. The highest BCUT2D eigenvalue weighted by Crippen LogP contribution is 2.48. The van der Waals surface area contributed by atoms with Crippen LogP contribution in [0.2, 0.25) is 0 Å². The van der Waals surface area contributed by atoms with E-state index >= 15 is 0 Å². The van der Waals surface area contributed by atoms with Crippen LogP contribution in [0.1, 0.15) is 49.0 Å². The van der Waals surface area contributed by atoms with Crippen LogP contribution in [-0.4, -0.2) is 76.2 Å². The van der Waals surface area contributed by atoms with Crippen molar-refractivity contribution in [1.29, 1.82) is 0 Å². The van der Waals surface area contributed by atoms with Crippen molar-refractivity contribution in [2.24, 2.45) is 0 Å². The average molecular weight is 440 g/mol. The smallest absolute Gasteiger partial charge is 0.407 e. The van der Waals surface area contributed by atoms with Gasteiger partial charge >= 0.3 is 6.09 Å². The van der Waals surface area contributed by atoms with E-state index in [0.29, 0.717) is 0 Å². The third kappa shape index (κ3) is 4.48. The molecule has 0 spiro atoms. The second-order valence-corrected chi connectivity index (χ2v) is 8.57. The van der Waals surface area contributed by atoms with Gasteiger partial charge in [0, 0.05) is 13.0 Å². The van der Waals surface area contributed by atoms with Gasteiger partial charge in [-0.1, -0.05) is 0 Å². The van der Waals surface area contributed by atoms with Gasteiger partial charge in [-0.3, -0.25) is 4.79 Å². The summed E-state index contributed by atoms with van der Waals surface area (Å²) in [5, 5.41) is 46.8. The molecular formula is C20H28N2O9. The summed E-state index contributed by atoms with van der Waals surface area (Å²) >= 11 is 0. The van der Waals surface area contributed by atoms with Gasteiger partial charge in [-0.05, 0) is 38.8 Å². The molecule has 11 heteroatoms. The van der Waals surface area contributed by atoms with Crippen LogP contribution < -0.4 is 20.1 Å². The molecule has 172 valence electrons. The number of phenols is 1. The van der Waals surface area contributed by atoms with Crippen LogP contribution >= 0.6 is 0 Å². The number of nitrogens with one attached hydrogen (secondary N) is 2. The first-order valence-corrected chi connectivity index (χ1v) is 9.85. The molecule has 1 fully saturated rings. The van der Waals surface area contributed by atoms with E-state index in [2.05, 4.69) is 10.6 Å². The minimum absolute atomic E-state index is 0.00376. The molecule has 1 aliphatic heterocycles. The van der Waals surface area contributed by atoms with Gasteiger partial charge in [-0.2, -0.15) is 0 Å². The first-order chi connectivity index (χ1) is 14.4. The Balaban J connectivity index is 2.08. The second-order valence-electron chi connectivity index (χ2n) is 8.57. The van der Waals surface area contributed by atoms with E-state index in [1.807, 2.05) is 0 Å². The van der Waals surface area contributed by atoms with Crippen LogP contribution in [0.4, 0.5) is 4.79 Å². The minimum atomic E-state index is -1.58. The van der Waals surface area contributed by atoms with E-state index in [1.165, 1.54) is 13.1 Å². The molecule has 1 aromatic rings. The summed E-state index contributed by atoms with van der Waals surface area (Å²) in [7, 11) is 1.38. The topological polar surface area (TPSA) is 167 Å². The quantitative estimate of drug-likeness (QED) is 0.377. The Bertz CT molecular complexity index is 867. The Hall–Kier alpha value is -2.76. The van der Waals surface area contributed by atoms with E-state index in [4.69, 9.17) is 14.2 Å². The van der Waals surface area contributed by atoms with E-state index in [-0.39, 0.29) is 35.8 Å². The number of ether oxygens (including phenoxy) is 3. The van der Waals surface area contributed by atoms with Crippen molar-refractivity contribution in [3.63, 3.8) is 0 Å². The lowest BCUT2D eigenvalue weighted by Crippen LogP contribution is -2.59. The Labute approximate surface area is 178 Å². The molecule has 5 atom stereocenters. The Morgan fingerprint density at radius 3 is 2.45 bits per heavy atom. The van der Waals surface area contributed by atoms with E-state index < -0.39 is 53.6 Å². The van der Waals surface area contributed by atoms with Gasteiger partial charge in [-0.15, -0.1) is 0 Å². The highest BCUT2D eigenvalue weighted by Gasteiger charge is 2.46. The number of alkyl carbamates (subject to hydrolysis) is 1. The van der Waals surface area contributed by atoms with Crippen molar-refractivity contribution in [3.05, 3.63) is 17.2 Å². The first-order valence-electron chi connectivity index (χ1n) is 9.85. The molecule has 6 N–H and O–H groups in total. The SMILES string of the molecule is CNC(=O)c1c(C2CC(O)C(O)C(O)C2NC(=O)OC(C)(C)C)cc2c(c1O)OCO2. The number of benzene rings is 1. The maximum Gasteiger partial charge on any atom is 0.407 e. The number of phenolic OH excluding ortho intramolecular Hbond substituents is 1. The molecule has 1 heterocycles. The van der Waals surface area contributed by atoms with Gasteiger partial charge in [0.1, 0.15) is 17.8 Å². The molecular weight excluding hydrogens is 412 g/mol. The van der Waals surface area contributed by atoms with Gasteiger partial charge in [-0.25, -0.2) is 4.79 Å². The van der Waals surface area contributed by atoms with Crippen LogP contribution in [-0.2, 0) is 4.74 Å². The average Bonchev–Trinajstić information content (AvgIpc) is 3.15. The zero-order valence-electron chi connectivity index (χ0n) is 17.7. The Morgan fingerprint density at radius 1 is 1.16 bits per heavy atom. The fraction of sp³-hybridized carbons (Fsp3) is 0.600. The normalized spacial score (nSPS) is 27.5. The van der Waals surface area contributed by atoms with Gasteiger partial charge in [0.25, 0.3) is 5.91 Å². The van der Waals surface area contributed by atoms with Crippen LogP contribution in [0.5, 0.6) is 17.2 Å². The highest BCUT2D eigenvalue weighted by atomic mass is 16.7. The number of carbonyl (C=O) groups excluding carboxylic acids is 2. The summed E-state index contributed by atoms with van der Waals surface area (Å²) in [6.07, 6.45) is -5.44. The molecule has 0 saturated heterocycles. The van der Waals surface area contributed by atoms with Gasteiger partial charge < -0.3 is 45.3 Å². The van der Waals surface area contributed by atoms with Gasteiger partial charge in [0.15, 0.2) is 11.5 Å². The van der Waals surface area contributed by atoms with Gasteiger partial charge in [0.05, 0.1) is 17.7 Å². The summed E-state index contributed by atoms with van der Waals surface area (Å²) in [5.74, 6) is -1.82. The van der Waals surface area contributed by atoms with Crippen LogP contribution in [0.3, 0.4) is 0 Å². The number of aliphatic hydroxyl groups excluding tert-OH is 3. The number of hydrogen-bond acceptors (Lipinski definition) is 9. The largest absolute Gasteiger partial charge is 0.504 e. The predicted molar refractivity (Wildman–Crippen MR) is 106 cm³/mol. The standard InChI is InChI=1S/C20H28N2O9/c1-20(2,3)31-19(28)22-13-9(5-10(23)14(24)16(13)26)8-6-11-17(30-7-29-11)15(25)12(8)18(27)21-4/h6,9-10,13-14,16,23-26H,5,7H2,1-4H3,(H,21,27)(H,22,28). The van der Waals surface area contributed by atoms with E-state index in [1.54, 1.807) is 20.8 Å². The van der Waals surface area contributed by atoms with Crippen LogP contribution in [0, 0.1) is 0 Å². The summed E-state index contributed by atoms with van der Waals surface area (Å²) < 4.78 is 15.8. The van der Waals surface area contributed by atoms with Crippen molar-refractivity contribution < 1.29 is 44.2 Å². The molecule has 0 bridgehead atoms. The molecule has 0 radical (unpaired) electrons. The number of aromatic hydroxyl groups is 1. The van der Waals surface area contributed by atoms with Gasteiger partial charge in [0.2, 0.25) is 12.5 Å². The van der Waals surface area contributed by atoms with Crippen LogP contribution in [0.25, 0.3) is 0 Å². The predicted octanol–water partition coefficient (Wildman–Crippen LogP) is -0.0562. The summed E-state index contributed by atoms with van der Waals surface area (Å²) in [4.78, 5) is 25.0. The lowest BCUT2D eigenvalue weighted by Gasteiger charge is -2.42. The third-order valence-electron chi connectivity index (χ3n) is 5.25. The lowest BCUT2D eigenvalue weighted by molar-refractivity contribution is -0.105. The first kappa shape index (κ1) is 22.9. The molecule has 1 aliphatic carbocycles. The molecule has 3 rings (SSSR count). The molecule has 0 aromatic heterocycles. The highest BCUT2D eigenvalue weighted by molar-refractivity contribution is 6.00. The second kappa shape index (κ2) is 8.40. The van der Waals surface area contributed by atoms with Crippen LogP contribution in [0.15, 0.2) is 6.07 Å². The monoisotopic (exact) mass is 440 g/mol. The Kier molecular flexibility index (Phi) is 6.21. The number of rotatable bonds is 3. The maximum atomic E-state index is 12.6. The molecule has 1 aromatic carbocycles. The lowest BCUT2D eigenvalue weighted by atomic mass is 9.74. The summed E-state index contributed by atoms with van der Waals surface area (Å²) in [6.45, 7) is 4.84. The summed E-state index contributed by atoms with van der Waals surface area (Å²) in [5.41, 5.74) is -0.766. The fourth-order valence-corrected chi connectivity index (χ4v) is 3.87. The molecule has 5 unspecified atom stereocenters. The van der Waals surface area contributed by atoms with E-state index in [0.717, 1.165) is 0 Å². The zero-order chi connectivity index (χ0) is 23.1. The fourth-order valence-electron chi connectivity index (χ4n) is 3.87. The number of hydrogen-bond donors (Lipinski definition) is 6. The number of aliphatic hydroxyl groups is 3. The van der Waals surface area contributed by atoms with Crippen molar-refractivity contribution >= 4 is 12.0 Å². The number of fused-ring (bicyclic) bond motifs is 1. The summed E-state index contributed by atoms with van der Waals surface area (Å²) in [6, 6.07) is 0.314.